The lowest BCUT2D eigenvalue weighted by Crippen LogP contribution is -2.09. The third-order valence-electron chi connectivity index (χ3n) is 2.66. The molecular formula is C16H14ClNO2. The highest BCUT2D eigenvalue weighted by Gasteiger charge is 2.02. The number of hydrogen-bond acceptors (Lipinski definition) is 3. The van der Waals surface area contributed by atoms with Crippen LogP contribution in [0.15, 0.2) is 42.5 Å². The summed E-state index contributed by atoms with van der Waals surface area (Å²) in [6.07, 6.45) is 0. The summed E-state index contributed by atoms with van der Waals surface area (Å²) in [6.45, 7) is 2.76. The fourth-order valence-corrected chi connectivity index (χ4v) is 1.86. The molecule has 4 heteroatoms. The van der Waals surface area contributed by atoms with Crippen molar-refractivity contribution in [1.29, 1.82) is 5.26 Å². The van der Waals surface area contributed by atoms with Gasteiger partial charge in [0, 0.05) is 0 Å². The Balaban J connectivity index is 1.84. The molecule has 2 aromatic rings. The Hall–Kier alpha value is -2.18. The Morgan fingerprint density at radius 1 is 1.10 bits per heavy atom. The number of aryl methyl sites for hydroxylation is 1. The predicted molar refractivity (Wildman–Crippen MR) is 78.3 cm³/mol. The third kappa shape index (κ3) is 3.91. The minimum atomic E-state index is 0.388. The van der Waals surface area contributed by atoms with Gasteiger partial charge in [-0.1, -0.05) is 23.7 Å². The number of nitriles is 1. The second-order valence-electron chi connectivity index (χ2n) is 4.27. The van der Waals surface area contributed by atoms with Gasteiger partial charge in [0.15, 0.2) is 0 Å². The minimum Gasteiger partial charge on any atom is -0.490 e. The summed E-state index contributed by atoms with van der Waals surface area (Å²) in [4.78, 5) is 0. The summed E-state index contributed by atoms with van der Waals surface area (Å²) < 4.78 is 11.1. The smallest absolute Gasteiger partial charge is 0.138 e. The van der Waals surface area contributed by atoms with E-state index in [9.17, 15) is 0 Å². The van der Waals surface area contributed by atoms with E-state index in [0.29, 0.717) is 35.3 Å². The summed E-state index contributed by atoms with van der Waals surface area (Å²) in [5, 5.41) is 9.38. The standard InChI is InChI=1S/C16H14ClNO2/c1-12-5-6-15(17)16(9-12)20-8-7-19-14-4-2-3-13(10-14)11-18/h2-6,9-10H,7-8H2,1H3. The molecule has 20 heavy (non-hydrogen) atoms. The van der Waals surface area contributed by atoms with E-state index in [1.807, 2.05) is 25.1 Å². The molecule has 0 aromatic heterocycles. The topological polar surface area (TPSA) is 42.2 Å². The molecule has 0 saturated carbocycles. The number of nitrogens with zero attached hydrogens (tertiary/aromatic N) is 1. The van der Waals surface area contributed by atoms with Crippen LogP contribution in [0.1, 0.15) is 11.1 Å². The minimum absolute atomic E-state index is 0.388. The Morgan fingerprint density at radius 2 is 1.90 bits per heavy atom. The second kappa shape index (κ2) is 6.83. The maximum Gasteiger partial charge on any atom is 0.138 e. The largest absolute Gasteiger partial charge is 0.490 e. The fourth-order valence-electron chi connectivity index (χ4n) is 1.69. The molecule has 102 valence electrons. The molecule has 0 atom stereocenters. The lowest BCUT2D eigenvalue weighted by Gasteiger charge is -2.10. The number of halogens is 1. The molecule has 0 amide bonds. The molecule has 0 spiro atoms. The van der Waals surface area contributed by atoms with Crippen molar-refractivity contribution in [2.24, 2.45) is 0 Å². The van der Waals surface area contributed by atoms with Gasteiger partial charge in [0.25, 0.3) is 0 Å². The molecule has 0 bridgehead atoms. The van der Waals surface area contributed by atoms with Crippen LogP contribution in [-0.2, 0) is 0 Å². The quantitative estimate of drug-likeness (QED) is 0.781. The van der Waals surface area contributed by atoms with Gasteiger partial charge in [-0.05, 0) is 42.8 Å². The Kier molecular flexibility index (Phi) is 4.86. The van der Waals surface area contributed by atoms with Crippen molar-refractivity contribution in [3.05, 3.63) is 58.6 Å². The van der Waals surface area contributed by atoms with Crippen LogP contribution in [0.3, 0.4) is 0 Å². The van der Waals surface area contributed by atoms with E-state index in [4.69, 9.17) is 26.3 Å². The highest BCUT2D eigenvalue weighted by Crippen LogP contribution is 2.25. The lowest BCUT2D eigenvalue weighted by molar-refractivity contribution is 0.217. The van der Waals surface area contributed by atoms with E-state index in [1.54, 1.807) is 24.3 Å². The molecule has 0 saturated heterocycles. The number of benzene rings is 2. The molecule has 3 nitrogen and oxygen atoms in total. The summed E-state index contributed by atoms with van der Waals surface area (Å²) in [6, 6.07) is 14.7. The van der Waals surface area contributed by atoms with Crippen molar-refractivity contribution in [3.8, 4) is 17.6 Å². The van der Waals surface area contributed by atoms with E-state index in [-0.39, 0.29) is 0 Å². The second-order valence-corrected chi connectivity index (χ2v) is 4.68. The van der Waals surface area contributed by atoms with Gasteiger partial charge >= 0.3 is 0 Å². The van der Waals surface area contributed by atoms with Crippen molar-refractivity contribution >= 4 is 11.6 Å². The third-order valence-corrected chi connectivity index (χ3v) is 2.97. The van der Waals surface area contributed by atoms with Crippen molar-refractivity contribution < 1.29 is 9.47 Å². The summed E-state index contributed by atoms with van der Waals surface area (Å²) >= 11 is 6.03. The van der Waals surface area contributed by atoms with Gasteiger partial charge in [0.2, 0.25) is 0 Å². The van der Waals surface area contributed by atoms with E-state index in [1.165, 1.54) is 0 Å². The van der Waals surface area contributed by atoms with Gasteiger partial charge in [-0.15, -0.1) is 0 Å². The van der Waals surface area contributed by atoms with Crippen LogP contribution in [0.2, 0.25) is 5.02 Å². The normalized spacial score (nSPS) is 9.85. The fraction of sp³-hybridized carbons (Fsp3) is 0.188. The molecule has 0 fully saturated rings. The Labute approximate surface area is 123 Å². The molecule has 2 rings (SSSR count). The van der Waals surface area contributed by atoms with Crippen molar-refractivity contribution in [2.45, 2.75) is 6.92 Å². The first-order valence-electron chi connectivity index (χ1n) is 6.21. The molecule has 0 aliphatic rings. The zero-order chi connectivity index (χ0) is 14.4. The van der Waals surface area contributed by atoms with Gasteiger partial charge in [-0.2, -0.15) is 5.26 Å². The number of rotatable bonds is 5. The number of ether oxygens (including phenoxy) is 2. The summed E-state index contributed by atoms with van der Waals surface area (Å²) in [5.74, 6) is 1.31. The van der Waals surface area contributed by atoms with Crippen molar-refractivity contribution in [1.82, 2.24) is 0 Å². The van der Waals surface area contributed by atoms with E-state index in [2.05, 4.69) is 6.07 Å². The maximum absolute atomic E-state index is 8.79. The Morgan fingerprint density at radius 3 is 2.70 bits per heavy atom. The molecule has 0 aliphatic heterocycles. The first kappa shape index (κ1) is 14.2. The predicted octanol–water partition coefficient (Wildman–Crippen LogP) is 3.98. The van der Waals surface area contributed by atoms with Gasteiger partial charge in [-0.3, -0.25) is 0 Å². The van der Waals surface area contributed by atoms with E-state index < -0.39 is 0 Å². The van der Waals surface area contributed by atoms with Gasteiger partial charge in [0.05, 0.1) is 16.7 Å². The molecule has 0 unspecified atom stereocenters. The van der Waals surface area contributed by atoms with Crippen LogP contribution in [0.5, 0.6) is 11.5 Å². The summed E-state index contributed by atoms with van der Waals surface area (Å²) in [7, 11) is 0. The summed E-state index contributed by atoms with van der Waals surface area (Å²) in [5.41, 5.74) is 1.66. The van der Waals surface area contributed by atoms with E-state index >= 15 is 0 Å². The SMILES string of the molecule is Cc1ccc(Cl)c(OCCOc2cccc(C#N)c2)c1. The average molecular weight is 288 g/mol. The van der Waals surface area contributed by atoms with Crippen LogP contribution in [0.25, 0.3) is 0 Å². The molecule has 2 aromatic carbocycles. The van der Waals surface area contributed by atoms with Gasteiger partial charge in [-0.25, -0.2) is 0 Å². The molecule has 0 aliphatic carbocycles. The maximum atomic E-state index is 8.79. The van der Waals surface area contributed by atoms with Gasteiger partial charge in [0.1, 0.15) is 24.7 Å². The molecular weight excluding hydrogens is 274 g/mol. The zero-order valence-corrected chi connectivity index (χ0v) is 11.9. The highest BCUT2D eigenvalue weighted by atomic mass is 35.5. The number of hydrogen-bond donors (Lipinski definition) is 0. The highest BCUT2D eigenvalue weighted by molar-refractivity contribution is 6.32. The lowest BCUT2D eigenvalue weighted by atomic mass is 10.2. The molecule has 0 radical (unpaired) electrons. The first-order chi connectivity index (χ1) is 9.69. The van der Waals surface area contributed by atoms with E-state index in [0.717, 1.165) is 5.56 Å². The monoisotopic (exact) mass is 287 g/mol. The van der Waals surface area contributed by atoms with Crippen LogP contribution in [0.4, 0.5) is 0 Å². The van der Waals surface area contributed by atoms with Gasteiger partial charge < -0.3 is 9.47 Å². The van der Waals surface area contributed by atoms with Crippen LogP contribution in [0, 0.1) is 18.3 Å². The van der Waals surface area contributed by atoms with Crippen molar-refractivity contribution in [3.63, 3.8) is 0 Å². The van der Waals surface area contributed by atoms with Crippen LogP contribution >= 0.6 is 11.6 Å². The molecule has 0 heterocycles. The molecule has 0 N–H and O–H groups in total. The Bertz CT molecular complexity index is 635. The van der Waals surface area contributed by atoms with Crippen LogP contribution in [-0.4, -0.2) is 13.2 Å². The van der Waals surface area contributed by atoms with Crippen molar-refractivity contribution in [2.75, 3.05) is 13.2 Å². The van der Waals surface area contributed by atoms with Crippen LogP contribution < -0.4 is 9.47 Å². The average Bonchev–Trinajstić information content (AvgIpc) is 2.47. The first-order valence-corrected chi connectivity index (χ1v) is 6.59. The zero-order valence-electron chi connectivity index (χ0n) is 11.1.